The van der Waals surface area contributed by atoms with E-state index in [2.05, 4.69) is 29.8 Å². The maximum Gasteiger partial charge on any atom is 0.299 e. The first-order valence-corrected chi connectivity index (χ1v) is 7.61. The van der Waals surface area contributed by atoms with Gasteiger partial charge in [0.15, 0.2) is 24.5 Å². The fourth-order valence-electron chi connectivity index (χ4n) is 3.35. The number of aromatic nitrogens is 2. The molecule has 0 atom stereocenters. The molecule has 5 aromatic rings. The molecule has 4 heteroatoms. The van der Waals surface area contributed by atoms with Crippen LogP contribution in [0.5, 0.6) is 0 Å². The number of hydrogen-bond donors (Lipinski definition) is 0. The molecular weight excluding hydrogens is 288 g/mol. The van der Waals surface area contributed by atoms with E-state index in [1.807, 2.05) is 48.4 Å². The average molecular weight is 303 g/mol. The van der Waals surface area contributed by atoms with E-state index in [0.29, 0.717) is 5.78 Å². The lowest BCUT2D eigenvalue weighted by Gasteiger charge is -2.05. The second-order valence-corrected chi connectivity index (χ2v) is 5.88. The van der Waals surface area contributed by atoms with Gasteiger partial charge >= 0.3 is 0 Å². The maximum atomic E-state index is 6.13. The fourth-order valence-corrected chi connectivity index (χ4v) is 3.35. The molecular formula is C19H15N2O2+. The van der Waals surface area contributed by atoms with Crippen molar-refractivity contribution in [2.75, 3.05) is 0 Å². The highest BCUT2D eigenvalue weighted by Crippen LogP contribution is 2.39. The molecule has 5 rings (SSSR count). The van der Waals surface area contributed by atoms with Crippen molar-refractivity contribution in [3.8, 4) is 5.69 Å². The number of furan rings is 2. The van der Waals surface area contributed by atoms with Crippen LogP contribution in [0.1, 0.15) is 5.56 Å². The van der Waals surface area contributed by atoms with Crippen LogP contribution >= 0.6 is 0 Å². The van der Waals surface area contributed by atoms with Gasteiger partial charge in [-0.3, -0.25) is 0 Å². The van der Waals surface area contributed by atoms with Crippen molar-refractivity contribution in [1.29, 1.82) is 0 Å². The summed E-state index contributed by atoms with van der Waals surface area (Å²) in [5.41, 5.74) is 3.92. The minimum Gasteiger partial charge on any atom is -0.425 e. The number of nitrogens with zero attached hydrogens (tertiary/aromatic N) is 2. The minimum absolute atomic E-state index is 0.586. The minimum atomic E-state index is 0.586. The Morgan fingerprint density at radius 2 is 1.83 bits per heavy atom. The Hall–Kier alpha value is -3.01. The SMILES string of the molecule is Cc1ccc2c(oc3oc4ccccc4c32)c1-n1ccc[n+]1C. The number of rotatable bonds is 1. The summed E-state index contributed by atoms with van der Waals surface area (Å²) in [7, 11) is 2.01. The van der Waals surface area contributed by atoms with Crippen molar-refractivity contribution < 1.29 is 13.5 Å². The lowest BCUT2D eigenvalue weighted by molar-refractivity contribution is -0.744. The van der Waals surface area contributed by atoms with Crippen molar-refractivity contribution in [3.63, 3.8) is 0 Å². The van der Waals surface area contributed by atoms with Gasteiger partial charge in [-0.05, 0) is 24.6 Å². The van der Waals surface area contributed by atoms with Crippen LogP contribution < -0.4 is 4.68 Å². The molecule has 0 bridgehead atoms. The largest absolute Gasteiger partial charge is 0.425 e. The zero-order valence-corrected chi connectivity index (χ0v) is 12.9. The third-order valence-corrected chi connectivity index (χ3v) is 4.46. The molecule has 3 heterocycles. The van der Waals surface area contributed by atoms with Gasteiger partial charge in [-0.1, -0.05) is 24.3 Å². The number of fused-ring (bicyclic) bond motifs is 5. The van der Waals surface area contributed by atoms with E-state index in [0.717, 1.165) is 38.6 Å². The third kappa shape index (κ3) is 1.58. The van der Waals surface area contributed by atoms with Gasteiger partial charge in [-0.15, -0.1) is 9.36 Å². The molecule has 0 amide bonds. The topological polar surface area (TPSA) is 35.1 Å². The predicted octanol–water partition coefficient (Wildman–Crippen LogP) is 4.26. The van der Waals surface area contributed by atoms with Crippen LogP contribution in [0, 0.1) is 6.92 Å². The second kappa shape index (κ2) is 4.26. The Morgan fingerprint density at radius 1 is 0.957 bits per heavy atom. The van der Waals surface area contributed by atoms with Crippen LogP contribution in [0.3, 0.4) is 0 Å². The van der Waals surface area contributed by atoms with Crippen LogP contribution in [-0.4, -0.2) is 4.68 Å². The summed E-state index contributed by atoms with van der Waals surface area (Å²) in [5, 5.41) is 3.22. The molecule has 0 radical (unpaired) electrons. The zero-order chi connectivity index (χ0) is 15.6. The number of para-hydroxylation sites is 1. The Balaban J connectivity index is 1.98. The molecule has 0 aliphatic carbocycles. The van der Waals surface area contributed by atoms with Crippen LogP contribution in [0.15, 0.2) is 63.7 Å². The van der Waals surface area contributed by atoms with Crippen LogP contribution in [-0.2, 0) is 7.05 Å². The first-order chi connectivity index (χ1) is 11.2. The molecule has 0 saturated heterocycles. The van der Waals surface area contributed by atoms with E-state index in [9.17, 15) is 0 Å². The van der Waals surface area contributed by atoms with Crippen molar-refractivity contribution in [2.45, 2.75) is 6.92 Å². The summed E-state index contributed by atoms with van der Waals surface area (Å²) in [6.07, 6.45) is 4.05. The average Bonchev–Trinajstić information content (AvgIpc) is 3.20. The molecule has 0 unspecified atom stereocenters. The zero-order valence-electron chi connectivity index (χ0n) is 12.9. The highest BCUT2D eigenvalue weighted by Gasteiger charge is 2.21. The van der Waals surface area contributed by atoms with Gasteiger partial charge in [0.2, 0.25) is 0 Å². The number of benzene rings is 2. The lowest BCUT2D eigenvalue weighted by atomic mass is 10.1. The molecule has 0 saturated carbocycles. The van der Waals surface area contributed by atoms with E-state index in [1.54, 1.807) is 0 Å². The van der Waals surface area contributed by atoms with Crippen molar-refractivity contribution in [3.05, 3.63) is 60.4 Å². The molecule has 0 aliphatic rings. The summed E-state index contributed by atoms with van der Waals surface area (Å²) in [4.78, 5) is 0. The molecule has 0 N–H and O–H groups in total. The van der Waals surface area contributed by atoms with E-state index in [4.69, 9.17) is 8.83 Å². The molecule has 0 fully saturated rings. The van der Waals surface area contributed by atoms with Gasteiger partial charge in [0.25, 0.3) is 5.78 Å². The van der Waals surface area contributed by atoms with Crippen molar-refractivity contribution in [2.24, 2.45) is 7.05 Å². The van der Waals surface area contributed by atoms with Gasteiger partial charge < -0.3 is 8.83 Å². The molecule has 112 valence electrons. The smallest absolute Gasteiger partial charge is 0.299 e. The summed E-state index contributed by atoms with van der Waals surface area (Å²) in [5.74, 6) is 0.586. The first-order valence-electron chi connectivity index (χ1n) is 7.61. The second-order valence-electron chi connectivity index (χ2n) is 5.88. The lowest BCUT2D eigenvalue weighted by Crippen LogP contribution is -2.37. The maximum absolute atomic E-state index is 6.13. The first kappa shape index (κ1) is 12.5. The summed E-state index contributed by atoms with van der Waals surface area (Å²) < 4.78 is 16.1. The standard InChI is InChI=1S/C19H15N2O2/c1-12-8-9-14-16-13-6-3-4-7-15(13)22-19(16)23-18(14)17(12)21-11-5-10-20(21)2/h3-11H,1-2H3/q+1. The highest BCUT2D eigenvalue weighted by molar-refractivity contribution is 6.18. The molecule has 23 heavy (non-hydrogen) atoms. The summed E-state index contributed by atoms with van der Waals surface area (Å²) >= 11 is 0. The number of hydrogen-bond acceptors (Lipinski definition) is 2. The molecule has 2 aromatic carbocycles. The Morgan fingerprint density at radius 3 is 2.65 bits per heavy atom. The monoisotopic (exact) mass is 303 g/mol. The Bertz CT molecular complexity index is 1190. The van der Waals surface area contributed by atoms with Gasteiger partial charge in [0.05, 0.1) is 11.6 Å². The molecule has 3 aromatic heterocycles. The van der Waals surface area contributed by atoms with E-state index >= 15 is 0 Å². The molecule has 0 spiro atoms. The summed E-state index contributed by atoms with van der Waals surface area (Å²) in [6, 6.07) is 14.3. The highest BCUT2D eigenvalue weighted by atomic mass is 16.5. The number of aryl methyl sites for hydroxylation is 2. The van der Waals surface area contributed by atoms with Crippen molar-refractivity contribution in [1.82, 2.24) is 4.68 Å². The quantitative estimate of drug-likeness (QED) is 0.434. The molecule has 4 nitrogen and oxygen atoms in total. The van der Waals surface area contributed by atoms with E-state index in [1.165, 1.54) is 0 Å². The summed E-state index contributed by atoms with van der Waals surface area (Å²) in [6.45, 7) is 2.09. The van der Waals surface area contributed by atoms with Crippen LogP contribution in [0.25, 0.3) is 38.8 Å². The normalized spacial score (nSPS) is 11.9. The molecule has 0 aliphatic heterocycles. The Kier molecular flexibility index (Phi) is 2.32. The predicted molar refractivity (Wildman–Crippen MR) is 88.7 cm³/mol. The third-order valence-electron chi connectivity index (χ3n) is 4.46. The van der Waals surface area contributed by atoms with E-state index < -0.39 is 0 Å². The van der Waals surface area contributed by atoms with Crippen LogP contribution in [0.2, 0.25) is 0 Å². The van der Waals surface area contributed by atoms with Gasteiger partial charge in [0, 0.05) is 16.8 Å². The van der Waals surface area contributed by atoms with Crippen LogP contribution in [0.4, 0.5) is 0 Å². The Labute approximate surface area is 132 Å². The fraction of sp³-hybridized carbons (Fsp3) is 0.105. The van der Waals surface area contributed by atoms with Crippen molar-refractivity contribution >= 4 is 33.1 Å². The van der Waals surface area contributed by atoms with Gasteiger partial charge in [0.1, 0.15) is 5.58 Å². The van der Waals surface area contributed by atoms with Gasteiger partial charge in [-0.25, -0.2) is 0 Å². The van der Waals surface area contributed by atoms with E-state index in [-0.39, 0.29) is 0 Å². The van der Waals surface area contributed by atoms with Gasteiger partial charge in [-0.2, -0.15) is 0 Å².